The van der Waals surface area contributed by atoms with Crippen LogP contribution in [0.25, 0.3) is 0 Å². The Balaban J connectivity index is 1.89. The van der Waals surface area contributed by atoms with E-state index < -0.39 is 13.9 Å². The molecule has 1 atom stereocenters. The van der Waals surface area contributed by atoms with Crippen LogP contribution in [0.2, 0.25) is 0 Å². The standard InChI is InChI=1S/C21H20NO3P/c1-25-20(23)15-22-21(24)18-13-8-14-19(18)26(16-9-4-2-5-10-16)17-11-6-3-7-12-17/h2-14,18H,15H2,1H3,(H,22,24). The van der Waals surface area contributed by atoms with E-state index in [9.17, 15) is 9.59 Å². The monoisotopic (exact) mass is 365 g/mol. The van der Waals surface area contributed by atoms with Gasteiger partial charge in [-0.15, -0.1) is 0 Å². The summed E-state index contributed by atoms with van der Waals surface area (Å²) in [6.45, 7) is -0.123. The van der Waals surface area contributed by atoms with Crippen molar-refractivity contribution < 1.29 is 14.3 Å². The third kappa shape index (κ3) is 4.09. The molecule has 5 heteroatoms. The van der Waals surface area contributed by atoms with Crippen molar-refractivity contribution in [3.8, 4) is 0 Å². The summed E-state index contributed by atoms with van der Waals surface area (Å²) < 4.78 is 4.59. The van der Waals surface area contributed by atoms with Crippen LogP contribution in [0.4, 0.5) is 0 Å². The molecule has 4 nitrogen and oxygen atoms in total. The molecule has 0 fully saturated rings. The van der Waals surface area contributed by atoms with Gasteiger partial charge >= 0.3 is 5.97 Å². The molecular weight excluding hydrogens is 345 g/mol. The molecule has 1 aliphatic rings. The highest BCUT2D eigenvalue weighted by molar-refractivity contribution is 7.76. The minimum atomic E-state index is -0.832. The first-order valence-electron chi connectivity index (χ1n) is 8.34. The summed E-state index contributed by atoms with van der Waals surface area (Å²) in [5, 5.41) is 6.10. The van der Waals surface area contributed by atoms with E-state index in [2.05, 4.69) is 34.3 Å². The third-order valence-electron chi connectivity index (χ3n) is 4.09. The van der Waals surface area contributed by atoms with Crippen molar-refractivity contribution in [1.29, 1.82) is 0 Å². The zero-order chi connectivity index (χ0) is 18.4. The molecule has 2 aromatic carbocycles. The summed E-state index contributed by atoms with van der Waals surface area (Å²) in [5.74, 6) is -1.03. The average Bonchev–Trinajstić information content (AvgIpc) is 3.17. The van der Waals surface area contributed by atoms with Crippen LogP contribution in [0.3, 0.4) is 0 Å². The van der Waals surface area contributed by atoms with Gasteiger partial charge in [-0.2, -0.15) is 0 Å². The average molecular weight is 365 g/mol. The lowest BCUT2D eigenvalue weighted by molar-refractivity contribution is -0.141. The highest BCUT2D eigenvalue weighted by atomic mass is 31.1. The van der Waals surface area contributed by atoms with Gasteiger partial charge in [0.2, 0.25) is 5.91 Å². The van der Waals surface area contributed by atoms with Crippen molar-refractivity contribution >= 4 is 30.4 Å². The van der Waals surface area contributed by atoms with E-state index in [1.807, 2.05) is 54.6 Å². The van der Waals surface area contributed by atoms with E-state index in [1.54, 1.807) is 0 Å². The number of nitrogens with one attached hydrogen (secondary N) is 1. The molecule has 0 aliphatic heterocycles. The number of amides is 1. The lowest BCUT2D eigenvalue weighted by Crippen LogP contribution is -2.35. The fraction of sp³-hybridized carbons (Fsp3) is 0.143. The van der Waals surface area contributed by atoms with Crippen molar-refractivity contribution in [2.24, 2.45) is 5.92 Å². The lowest BCUT2D eigenvalue weighted by Gasteiger charge is -2.24. The number of allylic oxidation sites excluding steroid dienone is 2. The maximum atomic E-state index is 12.6. The van der Waals surface area contributed by atoms with E-state index in [1.165, 1.54) is 17.7 Å². The van der Waals surface area contributed by atoms with Gasteiger partial charge in [0.1, 0.15) is 6.54 Å². The molecule has 3 rings (SSSR count). The van der Waals surface area contributed by atoms with E-state index in [0.29, 0.717) is 0 Å². The summed E-state index contributed by atoms with van der Waals surface area (Å²) in [7, 11) is 0.473. The van der Waals surface area contributed by atoms with Crippen LogP contribution < -0.4 is 15.9 Å². The second kappa shape index (κ2) is 8.59. The van der Waals surface area contributed by atoms with Crippen molar-refractivity contribution in [3.05, 3.63) is 84.2 Å². The molecule has 0 radical (unpaired) electrons. The zero-order valence-corrected chi connectivity index (χ0v) is 15.4. The predicted molar refractivity (Wildman–Crippen MR) is 105 cm³/mol. The SMILES string of the molecule is COC(=O)CNC(=O)C1C=CC=C1P(c1ccccc1)c1ccccc1. The number of ether oxygens (including phenoxy) is 1. The van der Waals surface area contributed by atoms with Crippen LogP contribution in [0.5, 0.6) is 0 Å². The second-order valence-corrected chi connectivity index (χ2v) is 7.97. The van der Waals surface area contributed by atoms with Gasteiger partial charge in [0, 0.05) is 0 Å². The second-order valence-electron chi connectivity index (χ2n) is 5.75. The first-order valence-corrected chi connectivity index (χ1v) is 9.68. The fourth-order valence-corrected chi connectivity index (χ4v) is 5.40. The lowest BCUT2D eigenvalue weighted by atomic mass is 10.1. The Morgan fingerprint density at radius 1 is 1.00 bits per heavy atom. The van der Waals surface area contributed by atoms with Gasteiger partial charge in [-0.1, -0.05) is 78.9 Å². The summed E-state index contributed by atoms with van der Waals surface area (Å²) in [5.41, 5.74) is 0. The summed E-state index contributed by atoms with van der Waals surface area (Å²) in [6.07, 6.45) is 5.82. The number of methoxy groups -OCH3 is 1. The molecule has 2 aromatic rings. The fourth-order valence-electron chi connectivity index (χ4n) is 2.85. The maximum absolute atomic E-state index is 12.6. The summed E-state index contributed by atoms with van der Waals surface area (Å²) in [4.78, 5) is 24.0. The Labute approximate surface area is 154 Å². The quantitative estimate of drug-likeness (QED) is 0.632. The van der Waals surface area contributed by atoms with Gasteiger partial charge in [-0.25, -0.2) is 0 Å². The van der Waals surface area contributed by atoms with Crippen LogP contribution in [0.1, 0.15) is 0 Å². The Morgan fingerprint density at radius 3 is 2.12 bits per heavy atom. The van der Waals surface area contributed by atoms with Gasteiger partial charge in [0.05, 0.1) is 13.0 Å². The molecule has 1 N–H and O–H groups in total. The van der Waals surface area contributed by atoms with Crippen LogP contribution in [-0.4, -0.2) is 25.5 Å². The van der Waals surface area contributed by atoms with E-state index >= 15 is 0 Å². The number of carbonyl (C=O) groups excluding carboxylic acids is 2. The number of esters is 1. The highest BCUT2D eigenvalue weighted by Gasteiger charge is 2.30. The molecule has 0 heterocycles. The molecule has 0 aromatic heterocycles. The van der Waals surface area contributed by atoms with Gasteiger partial charge in [-0.3, -0.25) is 9.59 Å². The van der Waals surface area contributed by atoms with Crippen LogP contribution in [0, 0.1) is 5.92 Å². The van der Waals surface area contributed by atoms with E-state index in [0.717, 1.165) is 5.31 Å². The Hall–Kier alpha value is -2.71. The van der Waals surface area contributed by atoms with Crippen LogP contribution in [-0.2, 0) is 14.3 Å². The van der Waals surface area contributed by atoms with E-state index in [-0.39, 0.29) is 18.4 Å². The largest absolute Gasteiger partial charge is 0.468 e. The maximum Gasteiger partial charge on any atom is 0.325 e. The zero-order valence-electron chi connectivity index (χ0n) is 14.5. The first kappa shape index (κ1) is 18.1. The predicted octanol–water partition coefficient (Wildman–Crippen LogP) is 2.48. The van der Waals surface area contributed by atoms with Crippen LogP contribution >= 0.6 is 7.92 Å². The molecule has 1 aliphatic carbocycles. The Bertz CT molecular complexity index is 791. The molecule has 132 valence electrons. The Morgan fingerprint density at radius 2 is 1.58 bits per heavy atom. The molecule has 0 spiro atoms. The topological polar surface area (TPSA) is 55.4 Å². The summed E-state index contributed by atoms with van der Waals surface area (Å²) in [6, 6.07) is 20.4. The minimum Gasteiger partial charge on any atom is -0.468 e. The smallest absolute Gasteiger partial charge is 0.325 e. The normalized spacial score (nSPS) is 15.6. The van der Waals surface area contributed by atoms with Gasteiger partial charge in [0.25, 0.3) is 0 Å². The Kier molecular flexibility index (Phi) is 5.98. The molecule has 0 saturated heterocycles. The van der Waals surface area contributed by atoms with Gasteiger partial charge in [-0.05, 0) is 23.8 Å². The molecular formula is C21H20NO3P. The van der Waals surface area contributed by atoms with Crippen LogP contribution in [0.15, 0.2) is 84.2 Å². The highest BCUT2D eigenvalue weighted by Crippen LogP contribution is 2.48. The minimum absolute atomic E-state index is 0.123. The third-order valence-corrected chi connectivity index (χ3v) is 6.67. The molecule has 0 bridgehead atoms. The number of carbonyl (C=O) groups is 2. The number of benzene rings is 2. The molecule has 26 heavy (non-hydrogen) atoms. The molecule has 1 unspecified atom stereocenters. The van der Waals surface area contributed by atoms with Crippen molar-refractivity contribution in [3.63, 3.8) is 0 Å². The van der Waals surface area contributed by atoms with Gasteiger partial charge in [0.15, 0.2) is 0 Å². The van der Waals surface area contributed by atoms with Crippen molar-refractivity contribution in [2.75, 3.05) is 13.7 Å². The first-order chi connectivity index (χ1) is 12.7. The van der Waals surface area contributed by atoms with Gasteiger partial charge < -0.3 is 10.1 Å². The van der Waals surface area contributed by atoms with E-state index in [4.69, 9.17) is 0 Å². The van der Waals surface area contributed by atoms with Crippen molar-refractivity contribution in [2.45, 2.75) is 0 Å². The number of hydrogen-bond acceptors (Lipinski definition) is 3. The molecule has 1 amide bonds. The van der Waals surface area contributed by atoms with Crippen molar-refractivity contribution in [1.82, 2.24) is 5.32 Å². The summed E-state index contributed by atoms with van der Waals surface area (Å²) >= 11 is 0. The number of hydrogen-bond donors (Lipinski definition) is 1. The number of rotatable bonds is 6. The molecule has 0 saturated carbocycles.